The molecule has 1 fully saturated rings. The average molecular weight is 574 g/mol. The average Bonchev–Trinajstić information content (AvgIpc) is 3.40. The number of nitrogens with zero attached hydrogens (tertiary/aromatic N) is 4. The minimum Gasteiger partial charge on any atom is -0.478 e. The molecule has 214 valence electrons. The van der Waals surface area contributed by atoms with E-state index in [-0.39, 0.29) is 29.5 Å². The monoisotopic (exact) mass is 574 g/mol. The number of halogens is 7. The maximum absolute atomic E-state index is 14.6. The van der Waals surface area contributed by atoms with Gasteiger partial charge in [0.15, 0.2) is 22.9 Å². The number of alkyl halides is 6. The Kier molecular flexibility index (Phi) is 7.23. The van der Waals surface area contributed by atoms with Gasteiger partial charge in [0.05, 0.1) is 24.0 Å². The maximum atomic E-state index is 14.6. The predicted molar refractivity (Wildman–Crippen MR) is 125 cm³/mol. The molecule has 1 aliphatic heterocycles. The van der Waals surface area contributed by atoms with E-state index in [0.717, 1.165) is 42.9 Å². The third kappa shape index (κ3) is 5.84. The Balaban J connectivity index is 1.80. The fourth-order valence-corrected chi connectivity index (χ4v) is 3.81. The summed E-state index contributed by atoms with van der Waals surface area (Å²) >= 11 is 0. The zero-order chi connectivity index (χ0) is 29.6. The minimum atomic E-state index is -4.88. The SMILES string of the molecule is C[C@H]1C(=O)NC[C@@H]1C(=O)Nc1cc(-c2cc(F)cc(OC(C)(C)C(F)(F)F)c2)n(-c2cncc(C(F)(F)F)n2)n1. The Morgan fingerprint density at radius 3 is 2.40 bits per heavy atom. The molecule has 2 aromatic heterocycles. The molecule has 0 radical (unpaired) electrons. The van der Waals surface area contributed by atoms with Crippen LogP contribution >= 0.6 is 0 Å². The van der Waals surface area contributed by atoms with Gasteiger partial charge in [-0.15, -0.1) is 5.10 Å². The highest BCUT2D eigenvalue weighted by atomic mass is 19.4. The zero-order valence-electron chi connectivity index (χ0n) is 21.0. The minimum absolute atomic E-state index is 0.0398. The van der Waals surface area contributed by atoms with Crippen LogP contribution in [0.3, 0.4) is 0 Å². The highest BCUT2D eigenvalue weighted by Crippen LogP contribution is 2.37. The summed E-state index contributed by atoms with van der Waals surface area (Å²) in [5.41, 5.74) is -4.41. The van der Waals surface area contributed by atoms with Gasteiger partial charge >= 0.3 is 12.4 Å². The van der Waals surface area contributed by atoms with Crippen LogP contribution in [0.15, 0.2) is 36.7 Å². The number of hydrogen-bond donors (Lipinski definition) is 2. The van der Waals surface area contributed by atoms with Gasteiger partial charge in [-0.3, -0.25) is 14.6 Å². The van der Waals surface area contributed by atoms with Crippen LogP contribution in [-0.4, -0.2) is 49.9 Å². The van der Waals surface area contributed by atoms with E-state index in [1.54, 1.807) is 0 Å². The molecule has 3 aromatic rings. The molecule has 2 atom stereocenters. The fraction of sp³-hybridized carbons (Fsp3) is 0.375. The van der Waals surface area contributed by atoms with Crippen molar-refractivity contribution in [2.75, 3.05) is 11.9 Å². The smallest absolute Gasteiger partial charge is 0.434 e. The molecule has 0 saturated carbocycles. The highest BCUT2D eigenvalue weighted by Gasteiger charge is 2.50. The van der Waals surface area contributed by atoms with Gasteiger partial charge in [0.25, 0.3) is 0 Å². The number of anilines is 1. The van der Waals surface area contributed by atoms with Gasteiger partial charge in [-0.1, -0.05) is 6.92 Å². The van der Waals surface area contributed by atoms with Crippen molar-refractivity contribution in [1.29, 1.82) is 0 Å². The van der Waals surface area contributed by atoms with E-state index in [1.807, 2.05) is 0 Å². The molecular formula is C24H21F7N6O3. The zero-order valence-corrected chi connectivity index (χ0v) is 21.0. The molecule has 4 rings (SSSR count). The molecule has 9 nitrogen and oxygen atoms in total. The van der Waals surface area contributed by atoms with Crippen molar-refractivity contribution in [2.24, 2.45) is 11.8 Å². The molecule has 2 N–H and O–H groups in total. The standard InChI is InChI=1S/C24H21F7N6O3/c1-11-15(8-33-20(11)38)21(39)35-18-7-16(37(36-18)19-10-32-9-17(34-19)23(26,27)28)12-4-13(25)6-14(5-12)40-22(2,3)24(29,30)31/h4-7,9-11,15H,8H2,1-3H3,(H,33,38)(H,35,36,39)/t11-,15+/m1/s1. The number of amides is 2. The summed E-state index contributed by atoms with van der Waals surface area (Å²) in [5.74, 6) is -4.69. The summed E-state index contributed by atoms with van der Waals surface area (Å²) in [4.78, 5) is 31.6. The van der Waals surface area contributed by atoms with Crippen LogP contribution in [0.4, 0.5) is 36.6 Å². The molecule has 40 heavy (non-hydrogen) atoms. The molecule has 0 unspecified atom stereocenters. The molecule has 0 aliphatic carbocycles. The molecule has 0 spiro atoms. The summed E-state index contributed by atoms with van der Waals surface area (Å²) in [6.45, 7) is 3.04. The van der Waals surface area contributed by atoms with Crippen molar-refractivity contribution >= 4 is 17.6 Å². The molecule has 1 aliphatic rings. The van der Waals surface area contributed by atoms with Gasteiger partial charge in [0.1, 0.15) is 11.6 Å². The van der Waals surface area contributed by atoms with Crippen LogP contribution < -0.4 is 15.4 Å². The number of ether oxygens (including phenoxy) is 1. The topological polar surface area (TPSA) is 111 Å². The summed E-state index contributed by atoms with van der Waals surface area (Å²) in [7, 11) is 0. The van der Waals surface area contributed by atoms with E-state index >= 15 is 0 Å². The van der Waals surface area contributed by atoms with Crippen LogP contribution in [0.2, 0.25) is 0 Å². The molecule has 2 amide bonds. The van der Waals surface area contributed by atoms with Crippen molar-refractivity contribution in [1.82, 2.24) is 25.1 Å². The number of aromatic nitrogens is 4. The second-order valence-electron chi connectivity index (χ2n) is 9.50. The molecular weight excluding hydrogens is 553 g/mol. The third-order valence-electron chi connectivity index (χ3n) is 6.16. The fourth-order valence-electron chi connectivity index (χ4n) is 3.81. The van der Waals surface area contributed by atoms with Crippen LogP contribution in [0.25, 0.3) is 17.1 Å². The third-order valence-corrected chi connectivity index (χ3v) is 6.16. The largest absolute Gasteiger partial charge is 0.478 e. The molecule has 16 heteroatoms. The second-order valence-corrected chi connectivity index (χ2v) is 9.50. The summed E-state index contributed by atoms with van der Waals surface area (Å²) in [6.07, 6.45) is -8.31. The van der Waals surface area contributed by atoms with Gasteiger partial charge in [0.2, 0.25) is 11.8 Å². The Bertz CT molecular complexity index is 1450. The Labute approximate surface area is 221 Å². The highest BCUT2D eigenvalue weighted by molar-refractivity contribution is 5.98. The molecule has 0 bridgehead atoms. The lowest BCUT2D eigenvalue weighted by atomic mass is 9.97. The van der Waals surface area contributed by atoms with Gasteiger partial charge in [-0.2, -0.15) is 26.3 Å². The van der Waals surface area contributed by atoms with E-state index in [9.17, 15) is 40.3 Å². The molecule has 3 heterocycles. The number of nitrogens with one attached hydrogen (secondary N) is 2. The van der Waals surface area contributed by atoms with Crippen LogP contribution in [0.5, 0.6) is 5.75 Å². The van der Waals surface area contributed by atoms with E-state index < -0.39 is 58.8 Å². The van der Waals surface area contributed by atoms with Crippen LogP contribution in [0, 0.1) is 17.7 Å². The molecule has 1 aromatic carbocycles. The van der Waals surface area contributed by atoms with Crippen molar-refractivity contribution in [3.63, 3.8) is 0 Å². The number of carbonyl (C=O) groups is 2. The van der Waals surface area contributed by atoms with Crippen molar-refractivity contribution < 1.29 is 45.1 Å². The van der Waals surface area contributed by atoms with E-state index in [2.05, 4.69) is 25.7 Å². The summed E-state index contributed by atoms with van der Waals surface area (Å²) < 4.78 is 100. The maximum Gasteiger partial charge on any atom is 0.434 e. The Morgan fingerprint density at radius 1 is 1.10 bits per heavy atom. The van der Waals surface area contributed by atoms with Crippen molar-refractivity contribution in [3.8, 4) is 22.8 Å². The van der Waals surface area contributed by atoms with E-state index in [0.29, 0.717) is 12.3 Å². The predicted octanol–water partition coefficient (Wildman–Crippen LogP) is 4.53. The summed E-state index contributed by atoms with van der Waals surface area (Å²) in [6, 6.07) is 3.77. The second kappa shape index (κ2) is 10.1. The van der Waals surface area contributed by atoms with Gasteiger partial charge in [-0.05, 0) is 26.0 Å². The van der Waals surface area contributed by atoms with Crippen molar-refractivity contribution in [3.05, 3.63) is 48.2 Å². The quantitative estimate of drug-likeness (QED) is 0.419. The van der Waals surface area contributed by atoms with Crippen molar-refractivity contribution in [2.45, 2.75) is 38.7 Å². The van der Waals surface area contributed by atoms with Crippen LogP contribution in [-0.2, 0) is 15.8 Å². The van der Waals surface area contributed by atoms with Gasteiger partial charge < -0.3 is 15.4 Å². The van der Waals surface area contributed by atoms with E-state index in [4.69, 9.17) is 4.74 Å². The number of benzene rings is 1. The van der Waals surface area contributed by atoms with E-state index in [1.165, 1.54) is 6.92 Å². The summed E-state index contributed by atoms with van der Waals surface area (Å²) in [5, 5.41) is 9.07. The normalized spacial score (nSPS) is 18.0. The van der Waals surface area contributed by atoms with Crippen LogP contribution in [0.1, 0.15) is 26.5 Å². The first-order valence-corrected chi connectivity index (χ1v) is 11.6. The first-order chi connectivity index (χ1) is 18.5. The Morgan fingerprint density at radius 2 is 1.80 bits per heavy atom. The lowest BCUT2D eigenvalue weighted by Gasteiger charge is -2.29. The lowest BCUT2D eigenvalue weighted by molar-refractivity contribution is -0.234. The lowest BCUT2D eigenvalue weighted by Crippen LogP contribution is -2.44. The Hall–Kier alpha value is -4.24. The number of carbonyl (C=O) groups excluding carboxylic acids is 2. The van der Waals surface area contributed by atoms with Gasteiger partial charge in [0, 0.05) is 30.2 Å². The molecule has 1 saturated heterocycles. The number of hydrogen-bond acceptors (Lipinski definition) is 6. The number of rotatable bonds is 6. The first-order valence-electron chi connectivity index (χ1n) is 11.6. The van der Waals surface area contributed by atoms with Gasteiger partial charge in [-0.25, -0.2) is 14.1 Å². The first kappa shape index (κ1) is 28.8.